The van der Waals surface area contributed by atoms with Crippen LogP contribution in [0.25, 0.3) is 0 Å². The quantitative estimate of drug-likeness (QED) is 0.883. The highest BCUT2D eigenvalue weighted by Gasteiger charge is 2.33. The van der Waals surface area contributed by atoms with Gasteiger partial charge in [-0.2, -0.15) is 21.6 Å². The van der Waals surface area contributed by atoms with Crippen LogP contribution in [0.1, 0.15) is 5.56 Å². The van der Waals surface area contributed by atoms with Crippen LogP contribution in [0.3, 0.4) is 0 Å². The Bertz CT molecular complexity index is 749. The molecule has 0 aliphatic rings. The second kappa shape index (κ2) is 5.64. The van der Waals surface area contributed by atoms with Crippen molar-refractivity contribution in [3.8, 4) is 0 Å². The number of alkyl halides is 3. The molecule has 0 saturated heterocycles. The molecule has 112 valence electrons. The molecule has 21 heavy (non-hydrogen) atoms. The summed E-state index contributed by atoms with van der Waals surface area (Å²) in [5.74, 6) is 0. The molecule has 0 aliphatic carbocycles. The molecule has 0 spiro atoms. The number of halogens is 4. The van der Waals surface area contributed by atoms with Crippen LogP contribution in [0.5, 0.6) is 0 Å². The van der Waals surface area contributed by atoms with Gasteiger partial charge in [-0.3, -0.25) is 4.72 Å². The summed E-state index contributed by atoms with van der Waals surface area (Å²) in [5.41, 5.74) is -0.885. The lowest BCUT2D eigenvalue weighted by Crippen LogP contribution is -2.14. The Kier molecular flexibility index (Phi) is 4.24. The van der Waals surface area contributed by atoms with Crippen molar-refractivity contribution in [3.63, 3.8) is 0 Å². The van der Waals surface area contributed by atoms with E-state index in [0.29, 0.717) is 0 Å². The number of nitrogens with zero attached hydrogens (tertiary/aromatic N) is 1. The summed E-state index contributed by atoms with van der Waals surface area (Å²) >= 11 is 2.78. The lowest BCUT2D eigenvalue weighted by atomic mass is 10.2. The number of sulfonamides is 1. The van der Waals surface area contributed by atoms with Crippen LogP contribution in [-0.2, 0) is 16.2 Å². The van der Waals surface area contributed by atoms with Crippen molar-refractivity contribution in [2.24, 2.45) is 0 Å². The highest BCUT2D eigenvalue weighted by atomic mass is 79.9. The number of hydrogen-bond donors (Lipinski definition) is 1. The Balaban J connectivity index is 2.31. The molecule has 0 amide bonds. The van der Waals surface area contributed by atoms with E-state index < -0.39 is 21.8 Å². The average Bonchev–Trinajstić information content (AvgIpc) is 2.37. The van der Waals surface area contributed by atoms with Crippen LogP contribution in [0.2, 0.25) is 0 Å². The van der Waals surface area contributed by atoms with E-state index in [9.17, 15) is 21.6 Å². The van der Waals surface area contributed by atoms with Gasteiger partial charge in [-0.15, -0.1) is 0 Å². The third-order valence-corrected chi connectivity index (χ3v) is 4.39. The molecule has 0 bridgehead atoms. The van der Waals surface area contributed by atoms with E-state index in [2.05, 4.69) is 25.6 Å². The van der Waals surface area contributed by atoms with Crippen LogP contribution >= 0.6 is 15.9 Å². The van der Waals surface area contributed by atoms with E-state index in [1.54, 1.807) is 6.07 Å². The molecule has 2 rings (SSSR count). The second-order valence-corrected chi connectivity index (χ2v) is 6.45. The maximum Gasteiger partial charge on any atom is 0.417 e. The van der Waals surface area contributed by atoms with E-state index in [1.807, 2.05) is 0 Å². The number of rotatable bonds is 3. The zero-order valence-corrected chi connectivity index (χ0v) is 12.6. The first-order chi connectivity index (χ1) is 9.70. The van der Waals surface area contributed by atoms with Crippen molar-refractivity contribution in [2.75, 3.05) is 4.72 Å². The van der Waals surface area contributed by atoms with Crippen molar-refractivity contribution in [2.45, 2.75) is 11.2 Å². The predicted molar refractivity (Wildman–Crippen MR) is 74.2 cm³/mol. The summed E-state index contributed by atoms with van der Waals surface area (Å²) in [5, 5.41) is -0.221. The summed E-state index contributed by atoms with van der Waals surface area (Å²) in [6.45, 7) is 0. The van der Waals surface area contributed by atoms with Gasteiger partial charge < -0.3 is 0 Å². The van der Waals surface area contributed by atoms with Crippen molar-refractivity contribution in [1.82, 2.24) is 4.98 Å². The Morgan fingerprint density at radius 2 is 1.86 bits per heavy atom. The van der Waals surface area contributed by atoms with Crippen LogP contribution in [0.4, 0.5) is 18.9 Å². The van der Waals surface area contributed by atoms with Gasteiger partial charge in [-0.25, -0.2) is 4.98 Å². The lowest BCUT2D eigenvalue weighted by molar-refractivity contribution is -0.138. The zero-order valence-electron chi connectivity index (χ0n) is 10.2. The van der Waals surface area contributed by atoms with Gasteiger partial charge in [0.15, 0.2) is 5.03 Å². The molecule has 1 aromatic heterocycles. The molecule has 1 aromatic carbocycles. The van der Waals surface area contributed by atoms with Crippen molar-refractivity contribution in [1.29, 1.82) is 0 Å². The van der Waals surface area contributed by atoms with Crippen LogP contribution < -0.4 is 4.72 Å². The Morgan fingerprint density at radius 3 is 2.38 bits per heavy atom. The summed E-state index contributed by atoms with van der Waals surface area (Å²) in [6.07, 6.45) is -3.21. The number of aromatic nitrogens is 1. The minimum Gasteiger partial charge on any atom is -0.278 e. The van der Waals surface area contributed by atoms with E-state index in [0.717, 1.165) is 18.2 Å². The van der Waals surface area contributed by atoms with Crippen LogP contribution in [-0.4, -0.2) is 13.4 Å². The third-order valence-electron chi connectivity index (χ3n) is 2.44. The average molecular weight is 381 g/mol. The van der Waals surface area contributed by atoms with E-state index in [-0.39, 0.29) is 15.2 Å². The van der Waals surface area contributed by atoms with Gasteiger partial charge in [0, 0.05) is 10.7 Å². The maximum absolute atomic E-state index is 12.6. The van der Waals surface area contributed by atoms with Crippen LogP contribution in [0.15, 0.2) is 52.1 Å². The lowest BCUT2D eigenvalue weighted by Gasteiger charge is -2.12. The fourth-order valence-electron chi connectivity index (χ4n) is 1.52. The number of benzene rings is 1. The smallest absolute Gasteiger partial charge is 0.278 e. The SMILES string of the molecule is O=S(=O)(Nc1ccc(C(F)(F)F)c(Br)c1)c1ccccn1. The van der Waals surface area contributed by atoms with E-state index >= 15 is 0 Å². The molecule has 9 heteroatoms. The molecule has 4 nitrogen and oxygen atoms in total. The summed E-state index contributed by atoms with van der Waals surface area (Å²) < 4.78 is 63.7. The highest BCUT2D eigenvalue weighted by Crippen LogP contribution is 2.36. The molecular formula is C12H8BrF3N2O2S. The van der Waals surface area contributed by atoms with Crippen molar-refractivity contribution >= 4 is 31.6 Å². The van der Waals surface area contributed by atoms with Gasteiger partial charge in [0.2, 0.25) is 0 Å². The first-order valence-corrected chi connectivity index (χ1v) is 7.78. The molecule has 0 fully saturated rings. The number of pyridine rings is 1. The van der Waals surface area contributed by atoms with Gasteiger partial charge in [0.25, 0.3) is 10.0 Å². The molecule has 0 saturated carbocycles. The van der Waals surface area contributed by atoms with Gasteiger partial charge in [-0.05, 0) is 30.3 Å². The largest absolute Gasteiger partial charge is 0.417 e. The van der Waals surface area contributed by atoms with E-state index in [1.165, 1.54) is 18.3 Å². The number of anilines is 1. The van der Waals surface area contributed by atoms with Crippen molar-refractivity contribution in [3.05, 3.63) is 52.6 Å². The second-order valence-electron chi connectivity index (χ2n) is 3.97. The maximum atomic E-state index is 12.6. The normalized spacial score (nSPS) is 12.2. The first kappa shape index (κ1) is 15.8. The molecule has 0 unspecified atom stereocenters. The summed E-state index contributed by atoms with van der Waals surface area (Å²) in [7, 11) is -3.94. The Hall–Kier alpha value is -1.61. The van der Waals surface area contributed by atoms with Gasteiger partial charge >= 0.3 is 6.18 Å². The Morgan fingerprint density at radius 1 is 1.14 bits per heavy atom. The fourth-order valence-corrected chi connectivity index (χ4v) is 3.12. The summed E-state index contributed by atoms with van der Waals surface area (Å²) in [6, 6.07) is 7.19. The number of hydrogen-bond acceptors (Lipinski definition) is 3. The number of nitrogens with one attached hydrogen (secondary N) is 1. The van der Waals surface area contributed by atoms with Crippen molar-refractivity contribution < 1.29 is 21.6 Å². The molecule has 0 aliphatic heterocycles. The standard InChI is InChI=1S/C12H8BrF3N2O2S/c13-10-7-8(4-5-9(10)12(14,15)16)18-21(19,20)11-3-1-2-6-17-11/h1-7,18H. The molecule has 0 radical (unpaired) electrons. The first-order valence-electron chi connectivity index (χ1n) is 5.51. The van der Waals surface area contributed by atoms with E-state index in [4.69, 9.17) is 0 Å². The molecule has 1 N–H and O–H groups in total. The van der Waals surface area contributed by atoms with Gasteiger partial charge in [0.1, 0.15) is 0 Å². The van der Waals surface area contributed by atoms with Gasteiger partial charge in [-0.1, -0.05) is 22.0 Å². The minimum atomic E-state index is -4.52. The monoisotopic (exact) mass is 380 g/mol. The fraction of sp³-hybridized carbons (Fsp3) is 0.0833. The zero-order chi connectivity index (χ0) is 15.7. The molecular weight excluding hydrogens is 373 g/mol. The minimum absolute atomic E-state index is 0.000489. The molecule has 2 aromatic rings. The molecule has 1 heterocycles. The summed E-state index contributed by atoms with van der Waals surface area (Å²) in [4.78, 5) is 3.68. The predicted octanol–water partition coefficient (Wildman–Crippen LogP) is 3.66. The van der Waals surface area contributed by atoms with Gasteiger partial charge in [0.05, 0.1) is 11.3 Å². The third kappa shape index (κ3) is 3.73. The highest BCUT2D eigenvalue weighted by molar-refractivity contribution is 9.10. The van der Waals surface area contributed by atoms with Crippen LogP contribution in [0, 0.1) is 0 Å². The topological polar surface area (TPSA) is 59.1 Å². The Labute approximate surface area is 127 Å². The molecule has 0 atom stereocenters.